The van der Waals surface area contributed by atoms with Crippen LogP contribution in [-0.2, 0) is 5.41 Å². The van der Waals surface area contributed by atoms with E-state index >= 15 is 0 Å². The molecular weight excluding hydrogens is 546 g/mol. The smallest absolute Gasteiger partial charge is 0.135 e. The van der Waals surface area contributed by atoms with Crippen molar-refractivity contribution in [2.24, 2.45) is 0 Å². The zero-order valence-electron chi connectivity index (χ0n) is 25.3. The Bertz CT molecular complexity index is 2390. The van der Waals surface area contributed by atoms with Crippen molar-refractivity contribution >= 4 is 49.8 Å². The number of hydrogen-bond donors (Lipinski definition) is 0. The first-order chi connectivity index (χ1) is 22.1. The zero-order chi connectivity index (χ0) is 30.1. The van der Waals surface area contributed by atoms with Gasteiger partial charge in [0.15, 0.2) is 0 Å². The second-order valence-corrected chi connectivity index (χ2v) is 12.6. The van der Waals surface area contributed by atoms with Gasteiger partial charge in [-0.15, -0.1) is 0 Å². The maximum absolute atomic E-state index is 6.28. The van der Waals surface area contributed by atoms with E-state index < -0.39 is 0 Å². The van der Waals surface area contributed by atoms with Gasteiger partial charge in [0, 0.05) is 32.9 Å². The first kappa shape index (κ1) is 25.9. The Balaban J connectivity index is 1.12. The molecule has 0 unspecified atom stereocenters. The molecule has 9 rings (SSSR count). The summed E-state index contributed by atoms with van der Waals surface area (Å²) in [7, 11) is 0. The summed E-state index contributed by atoms with van der Waals surface area (Å²) in [6.45, 7) is 4.67. The van der Waals surface area contributed by atoms with E-state index in [1.165, 1.54) is 60.6 Å². The Morgan fingerprint density at radius 1 is 0.467 bits per heavy atom. The fourth-order valence-corrected chi connectivity index (χ4v) is 7.34. The Labute approximate surface area is 262 Å². The predicted octanol–water partition coefficient (Wildman–Crippen LogP) is 12.2. The Morgan fingerprint density at radius 2 is 1.13 bits per heavy atom. The minimum Gasteiger partial charge on any atom is -0.456 e. The topological polar surface area (TPSA) is 16.4 Å². The molecule has 2 nitrogen and oxygen atoms in total. The molecule has 45 heavy (non-hydrogen) atoms. The van der Waals surface area contributed by atoms with Gasteiger partial charge in [0.1, 0.15) is 11.2 Å². The van der Waals surface area contributed by atoms with Gasteiger partial charge < -0.3 is 9.32 Å². The van der Waals surface area contributed by atoms with Gasteiger partial charge in [0.2, 0.25) is 0 Å². The highest BCUT2D eigenvalue weighted by molar-refractivity contribution is 6.08. The van der Waals surface area contributed by atoms with Crippen LogP contribution in [0.25, 0.3) is 55.0 Å². The molecule has 0 N–H and O–H groups in total. The second kappa shape index (κ2) is 9.70. The van der Waals surface area contributed by atoms with Crippen LogP contribution in [0, 0.1) is 0 Å². The van der Waals surface area contributed by atoms with Crippen LogP contribution in [0.15, 0.2) is 156 Å². The molecule has 0 bridgehead atoms. The molecule has 214 valence electrons. The van der Waals surface area contributed by atoms with Crippen molar-refractivity contribution in [2.75, 3.05) is 4.90 Å². The number of para-hydroxylation sites is 2. The van der Waals surface area contributed by atoms with Gasteiger partial charge >= 0.3 is 0 Å². The van der Waals surface area contributed by atoms with Crippen molar-refractivity contribution in [3.05, 3.63) is 163 Å². The lowest BCUT2D eigenvalue weighted by molar-refractivity contribution is 0.647. The normalized spacial score (nSPS) is 13.3. The molecule has 0 fully saturated rings. The molecule has 2 heteroatoms. The highest BCUT2D eigenvalue weighted by atomic mass is 16.3. The molecule has 0 amide bonds. The Hall–Kier alpha value is -5.60. The molecule has 0 atom stereocenters. The van der Waals surface area contributed by atoms with E-state index in [0.717, 1.165) is 22.5 Å². The van der Waals surface area contributed by atoms with E-state index in [2.05, 4.69) is 164 Å². The Morgan fingerprint density at radius 3 is 1.98 bits per heavy atom. The van der Waals surface area contributed by atoms with Crippen LogP contribution in [0.4, 0.5) is 17.1 Å². The third-order valence-corrected chi connectivity index (χ3v) is 9.65. The number of hydrogen-bond acceptors (Lipinski definition) is 2. The molecule has 0 saturated carbocycles. The SMILES string of the molecule is CC1(C)c2cc(-c3ccc(N(c4ccccc4)c4cccc5ccccc45)cc3)ccc2-c2cc3c(cc21)oc1ccccc13. The number of anilines is 3. The molecular formula is C43H31NO. The number of fused-ring (bicyclic) bond motifs is 7. The van der Waals surface area contributed by atoms with Crippen molar-refractivity contribution in [1.82, 2.24) is 0 Å². The maximum atomic E-state index is 6.28. The first-order valence-corrected chi connectivity index (χ1v) is 15.6. The lowest BCUT2D eigenvalue weighted by Crippen LogP contribution is -2.15. The molecule has 1 aromatic heterocycles. The van der Waals surface area contributed by atoms with Crippen LogP contribution in [0.3, 0.4) is 0 Å². The van der Waals surface area contributed by atoms with Gasteiger partial charge in [-0.1, -0.05) is 111 Å². The van der Waals surface area contributed by atoms with E-state index in [0.29, 0.717) is 0 Å². The Kier molecular flexibility index (Phi) is 5.58. The van der Waals surface area contributed by atoms with Crippen LogP contribution in [0.5, 0.6) is 0 Å². The van der Waals surface area contributed by atoms with Crippen LogP contribution in [-0.4, -0.2) is 0 Å². The number of benzene rings is 7. The lowest BCUT2D eigenvalue weighted by atomic mass is 9.81. The summed E-state index contributed by atoms with van der Waals surface area (Å²) in [5.41, 5.74) is 12.9. The summed E-state index contributed by atoms with van der Waals surface area (Å²) in [5.74, 6) is 0. The minimum atomic E-state index is -0.133. The second-order valence-electron chi connectivity index (χ2n) is 12.6. The van der Waals surface area contributed by atoms with E-state index in [4.69, 9.17) is 4.42 Å². The molecule has 0 aliphatic heterocycles. The number of rotatable bonds is 4. The standard InChI is InChI=1S/C43H31NO/c1-43(2)38-25-30(21-24-34(38)36-26-37-35-16-8-9-18-41(35)45-42(37)27-39(36)43)28-19-22-32(23-20-28)44(31-13-4-3-5-14-31)40-17-10-12-29-11-6-7-15-33(29)40/h3-27H,1-2H3. The van der Waals surface area contributed by atoms with E-state index in [9.17, 15) is 0 Å². The molecule has 0 radical (unpaired) electrons. The zero-order valence-corrected chi connectivity index (χ0v) is 25.3. The number of nitrogens with zero attached hydrogens (tertiary/aromatic N) is 1. The molecule has 8 aromatic rings. The average molecular weight is 578 g/mol. The summed E-state index contributed by atoms with van der Waals surface area (Å²) in [6, 6.07) is 54.7. The lowest BCUT2D eigenvalue weighted by Gasteiger charge is -2.27. The average Bonchev–Trinajstić information content (AvgIpc) is 3.56. The third-order valence-electron chi connectivity index (χ3n) is 9.65. The summed E-state index contributed by atoms with van der Waals surface area (Å²) in [4.78, 5) is 2.36. The van der Waals surface area contributed by atoms with Crippen LogP contribution >= 0.6 is 0 Å². The van der Waals surface area contributed by atoms with Crippen LogP contribution in [0.2, 0.25) is 0 Å². The molecule has 0 saturated heterocycles. The van der Waals surface area contributed by atoms with E-state index in [1.807, 2.05) is 6.07 Å². The van der Waals surface area contributed by atoms with Gasteiger partial charge in [-0.3, -0.25) is 0 Å². The van der Waals surface area contributed by atoms with Crippen molar-refractivity contribution < 1.29 is 4.42 Å². The maximum Gasteiger partial charge on any atom is 0.135 e. The van der Waals surface area contributed by atoms with Crippen molar-refractivity contribution in [1.29, 1.82) is 0 Å². The summed E-state index contributed by atoms with van der Waals surface area (Å²) in [5, 5.41) is 4.82. The van der Waals surface area contributed by atoms with Crippen LogP contribution in [0.1, 0.15) is 25.0 Å². The highest BCUT2D eigenvalue weighted by Crippen LogP contribution is 2.51. The molecule has 1 aliphatic carbocycles. The summed E-state index contributed by atoms with van der Waals surface area (Å²) < 4.78 is 6.28. The van der Waals surface area contributed by atoms with Gasteiger partial charge in [0.05, 0.1) is 5.69 Å². The minimum absolute atomic E-state index is 0.133. The van der Waals surface area contributed by atoms with Gasteiger partial charge in [0.25, 0.3) is 0 Å². The highest BCUT2D eigenvalue weighted by Gasteiger charge is 2.36. The predicted molar refractivity (Wildman–Crippen MR) is 189 cm³/mol. The molecule has 1 aliphatic rings. The van der Waals surface area contributed by atoms with Crippen LogP contribution < -0.4 is 4.90 Å². The van der Waals surface area contributed by atoms with Crippen molar-refractivity contribution in [2.45, 2.75) is 19.3 Å². The third kappa shape index (κ3) is 3.96. The first-order valence-electron chi connectivity index (χ1n) is 15.6. The molecule has 0 spiro atoms. The molecule has 7 aromatic carbocycles. The quantitative estimate of drug-likeness (QED) is 0.207. The fourth-order valence-electron chi connectivity index (χ4n) is 7.34. The van der Waals surface area contributed by atoms with Gasteiger partial charge in [-0.25, -0.2) is 0 Å². The van der Waals surface area contributed by atoms with E-state index in [-0.39, 0.29) is 5.41 Å². The largest absolute Gasteiger partial charge is 0.456 e. The fraction of sp³-hybridized carbons (Fsp3) is 0.0698. The van der Waals surface area contributed by atoms with Crippen molar-refractivity contribution in [3.8, 4) is 22.3 Å². The monoisotopic (exact) mass is 577 g/mol. The van der Waals surface area contributed by atoms with Gasteiger partial charge in [-0.05, 0) is 93.4 Å². The summed E-state index contributed by atoms with van der Waals surface area (Å²) in [6.07, 6.45) is 0. The van der Waals surface area contributed by atoms with Gasteiger partial charge in [-0.2, -0.15) is 0 Å². The van der Waals surface area contributed by atoms with Crippen molar-refractivity contribution in [3.63, 3.8) is 0 Å². The molecule has 1 heterocycles. The summed E-state index contributed by atoms with van der Waals surface area (Å²) >= 11 is 0. The van der Waals surface area contributed by atoms with E-state index in [1.54, 1.807) is 0 Å². The number of furan rings is 1.